The summed E-state index contributed by atoms with van der Waals surface area (Å²) in [5, 5.41) is 0. The Hall–Kier alpha value is -0.870. The third-order valence-electron chi connectivity index (χ3n) is 4.87. The van der Waals surface area contributed by atoms with E-state index in [0.29, 0.717) is 18.2 Å². The fourth-order valence-corrected chi connectivity index (χ4v) is 3.70. The first-order chi connectivity index (χ1) is 9.13. The SMILES string of the molecule is Br.COc1cccc(C23CCN(C)C(CC(=O)C2)C3)c1. The zero-order valence-corrected chi connectivity index (χ0v) is 13.8. The van der Waals surface area contributed by atoms with Crippen LogP contribution in [0.15, 0.2) is 24.3 Å². The van der Waals surface area contributed by atoms with E-state index in [1.807, 2.05) is 12.1 Å². The number of ketones is 1. The largest absolute Gasteiger partial charge is 0.497 e. The minimum Gasteiger partial charge on any atom is -0.497 e. The number of nitrogens with zero attached hydrogens (tertiary/aromatic N) is 1. The van der Waals surface area contributed by atoms with Gasteiger partial charge in [0.1, 0.15) is 11.5 Å². The Labute approximate surface area is 131 Å². The lowest BCUT2D eigenvalue weighted by Gasteiger charge is -2.49. The van der Waals surface area contributed by atoms with Gasteiger partial charge in [-0.1, -0.05) is 12.1 Å². The predicted molar refractivity (Wildman–Crippen MR) is 84.9 cm³/mol. The molecule has 1 aromatic carbocycles. The fourth-order valence-electron chi connectivity index (χ4n) is 3.70. The van der Waals surface area contributed by atoms with E-state index in [-0.39, 0.29) is 22.4 Å². The van der Waals surface area contributed by atoms with Crippen molar-refractivity contribution in [2.45, 2.75) is 37.1 Å². The summed E-state index contributed by atoms with van der Waals surface area (Å²) in [6, 6.07) is 8.69. The van der Waals surface area contributed by atoms with Crippen LogP contribution >= 0.6 is 17.0 Å². The summed E-state index contributed by atoms with van der Waals surface area (Å²) in [7, 11) is 3.83. The van der Waals surface area contributed by atoms with Gasteiger partial charge in [0, 0.05) is 24.3 Å². The lowest BCUT2D eigenvalue weighted by atomic mass is 9.63. The quantitative estimate of drug-likeness (QED) is 0.829. The van der Waals surface area contributed by atoms with Gasteiger partial charge in [-0.25, -0.2) is 0 Å². The second-order valence-electron chi connectivity index (χ2n) is 6.02. The van der Waals surface area contributed by atoms with Gasteiger partial charge in [-0.15, -0.1) is 17.0 Å². The maximum Gasteiger partial charge on any atom is 0.135 e. The summed E-state index contributed by atoms with van der Waals surface area (Å²) in [4.78, 5) is 14.4. The van der Waals surface area contributed by atoms with Crippen molar-refractivity contribution in [1.82, 2.24) is 4.90 Å². The number of methoxy groups -OCH3 is 1. The Balaban J connectivity index is 0.00000147. The number of carbonyl (C=O) groups excluding carboxylic acids is 1. The molecular formula is C16H22BrNO2. The molecule has 0 radical (unpaired) electrons. The average molecular weight is 340 g/mol. The molecule has 2 bridgehead atoms. The summed E-state index contributed by atoms with van der Waals surface area (Å²) in [6.45, 7) is 1.08. The second-order valence-corrected chi connectivity index (χ2v) is 6.02. The molecule has 0 amide bonds. The topological polar surface area (TPSA) is 29.5 Å². The first-order valence-corrected chi connectivity index (χ1v) is 6.99. The van der Waals surface area contributed by atoms with Crippen LogP contribution in [0.25, 0.3) is 0 Å². The van der Waals surface area contributed by atoms with Crippen LogP contribution in [-0.4, -0.2) is 37.4 Å². The minimum absolute atomic E-state index is 0. The number of rotatable bonds is 2. The van der Waals surface area contributed by atoms with Crippen molar-refractivity contribution in [2.24, 2.45) is 0 Å². The Morgan fingerprint density at radius 2 is 2.20 bits per heavy atom. The van der Waals surface area contributed by atoms with Crippen molar-refractivity contribution in [3.05, 3.63) is 29.8 Å². The van der Waals surface area contributed by atoms with E-state index >= 15 is 0 Å². The van der Waals surface area contributed by atoms with Crippen molar-refractivity contribution in [3.63, 3.8) is 0 Å². The van der Waals surface area contributed by atoms with Gasteiger partial charge in [0.25, 0.3) is 0 Å². The molecule has 1 heterocycles. The number of hydrogen-bond donors (Lipinski definition) is 0. The van der Waals surface area contributed by atoms with Crippen LogP contribution < -0.4 is 4.74 Å². The first-order valence-electron chi connectivity index (χ1n) is 6.99. The molecule has 110 valence electrons. The van der Waals surface area contributed by atoms with E-state index in [2.05, 4.69) is 24.1 Å². The third-order valence-corrected chi connectivity index (χ3v) is 4.87. The van der Waals surface area contributed by atoms with E-state index in [0.717, 1.165) is 31.6 Å². The molecule has 2 unspecified atom stereocenters. The number of halogens is 1. The number of carbonyl (C=O) groups is 1. The van der Waals surface area contributed by atoms with Gasteiger partial charge in [0.15, 0.2) is 0 Å². The molecule has 1 saturated heterocycles. The lowest BCUT2D eigenvalue weighted by molar-refractivity contribution is -0.126. The molecule has 1 aliphatic heterocycles. The Morgan fingerprint density at radius 1 is 1.40 bits per heavy atom. The number of Topliss-reactive ketones (excluding diaryl/α,β-unsaturated/α-hetero) is 1. The monoisotopic (exact) mass is 339 g/mol. The Morgan fingerprint density at radius 3 is 2.95 bits per heavy atom. The molecule has 3 nitrogen and oxygen atoms in total. The standard InChI is InChI=1S/C16H21NO2.BrH/c1-17-7-6-16(10-13(17)9-14(18)11-16)12-4-3-5-15(8-12)19-2;/h3-5,8,13H,6-7,9-11H2,1-2H3;1H. The van der Waals surface area contributed by atoms with Gasteiger partial charge in [0.2, 0.25) is 0 Å². The fraction of sp³-hybridized carbons (Fsp3) is 0.562. The first kappa shape index (κ1) is 15.5. The summed E-state index contributed by atoms with van der Waals surface area (Å²) < 4.78 is 5.33. The molecule has 3 rings (SSSR count). The number of ether oxygens (including phenoxy) is 1. The van der Waals surface area contributed by atoms with Crippen LogP contribution in [0, 0.1) is 0 Å². The van der Waals surface area contributed by atoms with Crippen LogP contribution in [0.1, 0.15) is 31.2 Å². The van der Waals surface area contributed by atoms with Gasteiger partial charge >= 0.3 is 0 Å². The molecule has 4 heteroatoms. The highest BCUT2D eigenvalue weighted by Gasteiger charge is 2.45. The van der Waals surface area contributed by atoms with Crippen LogP contribution in [0.5, 0.6) is 5.75 Å². The second kappa shape index (κ2) is 5.86. The van der Waals surface area contributed by atoms with Gasteiger partial charge in [0.05, 0.1) is 7.11 Å². The Bertz CT molecular complexity index is 505. The lowest BCUT2D eigenvalue weighted by Crippen LogP contribution is -2.52. The average Bonchev–Trinajstić information content (AvgIpc) is 2.43. The maximum atomic E-state index is 12.1. The normalized spacial score (nSPS) is 29.7. The van der Waals surface area contributed by atoms with Crippen molar-refractivity contribution in [1.29, 1.82) is 0 Å². The summed E-state index contributed by atoms with van der Waals surface area (Å²) in [6.07, 6.45) is 3.59. The molecule has 20 heavy (non-hydrogen) atoms. The molecule has 1 saturated carbocycles. The van der Waals surface area contributed by atoms with E-state index < -0.39 is 0 Å². The maximum absolute atomic E-state index is 12.1. The molecule has 0 aromatic heterocycles. The summed E-state index contributed by atoms with van der Waals surface area (Å²) >= 11 is 0. The van der Waals surface area contributed by atoms with Gasteiger partial charge in [-0.2, -0.15) is 0 Å². The number of benzene rings is 1. The van der Waals surface area contributed by atoms with Crippen molar-refractivity contribution in [2.75, 3.05) is 20.7 Å². The van der Waals surface area contributed by atoms with E-state index in [1.165, 1.54) is 5.56 Å². The molecule has 2 atom stereocenters. The van der Waals surface area contributed by atoms with Crippen LogP contribution in [-0.2, 0) is 10.2 Å². The number of piperidine rings is 1. The molecule has 0 N–H and O–H groups in total. The van der Waals surface area contributed by atoms with Gasteiger partial charge in [-0.3, -0.25) is 4.79 Å². The third kappa shape index (κ3) is 2.63. The van der Waals surface area contributed by atoms with E-state index in [4.69, 9.17) is 4.74 Å². The van der Waals surface area contributed by atoms with Crippen LogP contribution in [0.4, 0.5) is 0 Å². The molecule has 2 fully saturated rings. The number of hydrogen-bond acceptors (Lipinski definition) is 3. The molecular weight excluding hydrogens is 318 g/mol. The summed E-state index contributed by atoms with van der Waals surface area (Å²) in [5.41, 5.74) is 1.32. The zero-order valence-electron chi connectivity index (χ0n) is 12.1. The van der Waals surface area contributed by atoms with Crippen molar-refractivity contribution in [3.8, 4) is 5.75 Å². The van der Waals surface area contributed by atoms with Gasteiger partial charge < -0.3 is 9.64 Å². The van der Waals surface area contributed by atoms with Crippen molar-refractivity contribution < 1.29 is 9.53 Å². The van der Waals surface area contributed by atoms with Gasteiger partial charge in [-0.05, 0) is 44.1 Å². The minimum atomic E-state index is 0. The number of likely N-dealkylation sites (tertiary alicyclic amines) is 1. The van der Waals surface area contributed by atoms with Crippen LogP contribution in [0.3, 0.4) is 0 Å². The molecule has 1 aromatic rings. The number of fused-ring (bicyclic) bond motifs is 2. The van der Waals surface area contributed by atoms with Crippen LogP contribution in [0.2, 0.25) is 0 Å². The highest BCUT2D eigenvalue weighted by atomic mass is 79.9. The van der Waals surface area contributed by atoms with E-state index in [1.54, 1.807) is 7.11 Å². The molecule has 2 aliphatic rings. The zero-order chi connectivity index (χ0) is 13.5. The summed E-state index contributed by atoms with van der Waals surface area (Å²) in [5.74, 6) is 1.30. The van der Waals surface area contributed by atoms with E-state index in [9.17, 15) is 4.79 Å². The molecule has 0 spiro atoms. The van der Waals surface area contributed by atoms with Crippen molar-refractivity contribution >= 4 is 22.8 Å². The molecule has 1 aliphatic carbocycles. The Kier molecular flexibility index (Phi) is 4.55. The smallest absolute Gasteiger partial charge is 0.135 e. The highest BCUT2D eigenvalue weighted by molar-refractivity contribution is 8.93. The highest BCUT2D eigenvalue weighted by Crippen LogP contribution is 2.45. The predicted octanol–water partition coefficient (Wildman–Crippen LogP) is 2.97.